The Bertz CT molecular complexity index is 966. The third-order valence-corrected chi connectivity index (χ3v) is 5.38. The molecule has 0 unspecified atom stereocenters. The Morgan fingerprint density at radius 1 is 1.14 bits per heavy atom. The predicted molar refractivity (Wildman–Crippen MR) is 113 cm³/mol. The minimum absolute atomic E-state index is 0.208. The average molecular weight is 395 g/mol. The standard InChI is InChI=1S/C22H23ClN4O/c1-15(2)26-9-10-27-20(14-26)21(28)13-25-22(27)11-17-3-4-18(23)12-19(17)16-5-7-24-8-6-16/h3-8,12-15,28H,9-11H2,1-2H3. The fourth-order valence-electron chi connectivity index (χ4n) is 3.59. The number of pyridine rings is 1. The Kier molecular flexibility index (Phi) is 5.09. The van der Waals surface area contributed by atoms with Crippen LogP contribution in [-0.2, 0) is 6.42 Å². The molecule has 2 aliphatic rings. The van der Waals surface area contributed by atoms with E-state index < -0.39 is 0 Å². The van der Waals surface area contributed by atoms with Crippen LogP contribution in [0, 0.1) is 0 Å². The van der Waals surface area contributed by atoms with E-state index in [1.54, 1.807) is 18.6 Å². The van der Waals surface area contributed by atoms with Crippen molar-refractivity contribution >= 4 is 17.4 Å². The Labute approximate surface area is 170 Å². The molecule has 0 aliphatic carbocycles. The summed E-state index contributed by atoms with van der Waals surface area (Å²) in [6.45, 7) is 5.99. The quantitative estimate of drug-likeness (QED) is 0.821. The van der Waals surface area contributed by atoms with E-state index in [0.29, 0.717) is 17.5 Å². The van der Waals surface area contributed by atoms with Crippen LogP contribution in [0.4, 0.5) is 0 Å². The highest BCUT2D eigenvalue weighted by atomic mass is 35.5. The number of halogens is 1. The molecule has 0 fully saturated rings. The van der Waals surface area contributed by atoms with Crippen molar-refractivity contribution in [3.05, 3.63) is 77.2 Å². The van der Waals surface area contributed by atoms with Crippen LogP contribution in [0.15, 0.2) is 71.6 Å². The van der Waals surface area contributed by atoms with Gasteiger partial charge >= 0.3 is 0 Å². The number of aromatic nitrogens is 1. The summed E-state index contributed by atoms with van der Waals surface area (Å²) in [5.74, 6) is 1.13. The van der Waals surface area contributed by atoms with E-state index in [4.69, 9.17) is 11.6 Å². The first kappa shape index (κ1) is 18.6. The molecule has 0 amide bonds. The molecular formula is C22H23ClN4O. The van der Waals surface area contributed by atoms with Gasteiger partial charge in [-0.25, -0.2) is 4.99 Å². The molecule has 5 nitrogen and oxygen atoms in total. The van der Waals surface area contributed by atoms with Crippen molar-refractivity contribution in [1.29, 1.82) is 0 Å². The number of benzene rings is 1. The second kappa shape index (κ2) is 7.68. The van der Waals surface area contributed by atoms with E-state index in [1.807, 2.05) is 36.5 Å². The summed E-state index contributed by atoms with van der Waals surface area (Å²) in [5, 5.41) is 11.0. The molecule has 4 rings (SSSR count). The largest absolute Gasteiger partial charge is 0.504 e. The minimum Gasteiger partial charge on any atom is -0.504 e. The van der Waals surface area contributed by atoms with E-state index in [0.717, 1.165) is 41.3 Å². The summed E-state index contributed by atoms with van der Waals surface area (Å²) in [7, 11) is 0. The number of amidine groups is 1. The third kappa shape index (κ3) is 3.62. The van der Waals surface area contributed by atoms with Crippen molar-refractivity contribution in [2.75, 3.05) is 13.1 Å². The number of aliphatic imine (C=N–C) groups is 1. The third-order valence-electron chi connectivity index (χ3n) is 5.15. The van der Waals surface area contributed by atoms with Crippen molar-refractivity contribution in [3.63, 3.8) is 0 Å². The molecule has 0 saturated heterocycles. The number of fused-ring (bicyclic) bond motifs is 1. The fraction of sp³-hybridized carbons (Fsp3) is 0.273. The van der Waals surface area contributed by atoms with Gasteiger partial charge in [-0.05, 0) is 54.8 Å². The maximum absolute atomic E-state index is 10.3. The van der Waals surface area contributed by atoms with Gasteiger partial charge < -0.3 is 14.9 Å². The molecule has 0 bridgehead atoms. The average Bonchev–Trinajstić information content (AvgIpc) is 2.71. The zero-order valence-electron chi connectivity index (χ0n) is 16.0. The van der Waals surface area contributed by atoms with Crippen LogP contribution in [0.1, 0.15) is 19.4 Å². The topological polar surface area (TPSA) is 52.0 Å². The second-order valence-electron chi connectivity index (χ2n) is 7.27. The molecule has 3 heterocycles. The molecule has 6 heteroatoms. The predicted octanol–water partition coefficient (Wildman–Crippen LogP) is 4.62. The molecule has 2 aliphatic heterocycles. The molecule has 0 radical (unpaired) electrons. The van der Waals surface area contributed by atoms with Gasteiger partial charge in [0.1, 0.15) is 11.5 Å². The van der Waals surface area contributed by atoms with E-state index in [9.17, 15) is 5.11 Å². The number of aliphatic hydroxyl groups is 1. The van der Waals surface area contributed by atoms with Crippen molar-refractivity contribution in [2.45, 2.75) is 26.3 Å². The first-order valence-electron chi connectivity index (χ1n) is 9.43. The SMILES string of the molecule is CC(C)N1C=C2C(O)=CN=C(Cc3ccc(Cl)cc3-c3ccncc3)N2CC1. The van der Waals surface area contributed by atoms with Crippen LogP contribution in [0.3, 0.4) is 0 Å². The summed E-state index contributed by atoms with van der Waals surface area (Å²) in [4.78, 5) is 13.0. The van der Waals surface area contributed by atoms with Gasteiger partial charge in [0.2, 0.25) is 0 Å². The lowest BCUT2D eigenvalue weighted by Crippen LogP contribution is -2.45. The minimum atomic E-state index is 0.208. The van der Waals surface area contributed by atoms with Gasteiger partial charge in [-0.2, -0.15) is 0 Å². The van der Waals surface area contributed by atoms with Crippen LogP contribution in [-0.4, -0.2) is 44.9 Å². The number of aliphatic hydroxyl groups excluding tert-OH is 1. The zero-order chi connectivity index (χ0) is 19.7. The molecule has 2 aromatic rings. The Morgan fingerprint density at radius 2 is 1.93 bits per heavy atom. The number of nitrogens with zero attached hydrogens (tertiary/aromatic N) is 4. The van der Waals surface area contributed by atoms with Crippen molar-refractivity contribution in [1.82, 2.24) is 14.8 Å². The highest BCUT2D eigenvalue weighted by molar-refractivity contribution is 6.30. The maximum atomic E-state index is 10.3. The van der Waals surface area contributed by atoms with Gasteiger partial charge in [0.05, 0.1) is 6.20 Å². The lowest BCUT2D eigenvalue weighted by atomic mass is 9.97. The van der Waals surface area contributed by atoms with Crippen molar-refractivity contribution in [3.8, 4) is 11.1 Å². The van der Waals surface area contributed by atoms with Crippen molar-refractivity contribution < 1.29 is 5.11 Å². The Hall–Kier alpha value is -2.79. The molecule has 1 aromatic heterocycles. The van der Waals surface area contributed by atoms with Crippen LogP contribution in [0.2, 0.25) is 5.02 Å². The fourth-order valence-corrected chi connectivity index (χ4v) is 3.77. The Morgan fingerprint density at radius 3 is 2.68 bits per heavy atom. The van der Waals surface area contributed by atoms with Crippen LogP contribution >= 0.6 is 11.6 Å². The molecule has 144 valence electrons. The highest BCUT2D eigenvalue weighted by Crippen LogP contribution is 2.30. The van der Waals surface area contributed by atoms with Crippen LogP contribution < -0.4 is 0 Å². The molecule has 0 spiro atoms. The Balaban J connectivity index is 1.68. The maximum Gasteiger partial charge on any atom is 0.159 e. The summed E-state index contributed by atoms with van der Waals surface area (Å²) in [5.41, 5.74) is 4.09. The number of hydrogen-bond donors (Lipinski definition) is 1. The van der Waals surface area contributed by atoms with Gasteiger partial charge in [0.25, 0.3) is 0 Å². The van der Waals surface area contributed by atoms with Gasteiger partial charge in [-0.1, -0.05) is 17.7 Å². The number of hydrogen-bond acceptors (Lipinski definition) is 5. The smallest absolute Gasteiger partial charge is 0.159 e. The molecule has 28 heavy (non-hydrogen) atoms. The summed E-state index contributed by atoms with van der Waals surface area (Å²) < 4.78 is 0. The second-order valence-corrected chi connectivity index (χ2v) is 7.71. The van der Waals surface area contributed by atoms with Crippen molar-refractivity contribution in [2.24, 2.45) is 4.99 Å². The molecule has 0 atom stereocenters. The summed E-state index contributed by atoms with van der Waals surface area (Å²) in [6, 6.07) is 10.3. The molecule has 1 aromatic carbocycles. The first-order chi connectivity index (χ1) is 13.5. The van der Waals surface area contributed by atoms with Crippen LogP contribution in [0.25, 0.3) is 11.1 Å². The lowest BCUT2D eigenvalue weighted by molar-refractivity contribution is 0.242. The van der Waals surface area contributed by atoms with E-state index in [1.165, 1.54) is 0 Å². The van der Waals surface area contributed by atoms with Gasteiger partial charge in [-0.3, -0.25) is 4.98 Å². The van der Waals surface area contributed by atoms with E-state index >= 15 is 0 Å². The van der Waals surface area contributed by atoms with Crippen LogP contribution in [0.5, 0.6) is 0 Å². The summed E-state index contributed by atoms with van der Waals surface area (Å²) in [6.07, 6.45) is 7.79. The van der Waals surface area contributed by atoms with E-state index in [2.05, 4.69) is 33.6 Å². The highest BCUT2D eigenvalue weighted by Gasteiger charge is 2.28. The molecule has 0 saturated carbocycles. The zero-order valence-corrected chi connectivity index (χ0v) is 16.8. The van der Waals surface area contributed by atoms with Gasteiger partial charge in [0.15, 0.2) is 5.76 Å². The first-order valence-corrected chi connectivity index (χ1v) is 9.81. The lowest BCUT2D eigenvalue weighted by Gasteiger charge is -2.39. The summed E-state index contributed by atoms with van der Waals surface area (Å²) >= 11 is 6.27. The monoisotopic (exact) mass is 394 g/mol. The molecule has 1 N–H and O–H groups in total. The van der Waals surface area contributed by atoms with E-state index in [-0.39, 0.29) is 5.76 Å². The van der Waals surface area contributed by atoms with Gasteiger partial charge in [-0.15, -0.1) is 0 Å². The normalized spacial score (nSPS) is 16.5. The molecular weight excluding hydrogens is 372 g/mol. The number of rotatable bonds is 4. The van der Waals surface area contributed by atoms with Gasteiger partial charge in [0, 0.05) is 49.2 Å².